The number of methoxy groups -OCH3 is 2. The highest BCUT2D eigenvalue weighted by Gasteiger charge is 2.16. The van der Waals surface area contributed by atoms with Crippen molar-refractivity contribution in [3.8, 4) is 0 Å². The van der Waals surface area contributed by atoms with E-state index in [2.05, 4.69) is 4.98 Å². The maximum Gasteiger partial charge on any atom is 0.272 e. The number of hydrogen-bond donors (Lipinski definition) is 0. The minimum Gasteiger partial charge on any atom is -0.385 e. The third kappa shape index (κ3) is 5.32. The van der Waals surface area contributed by atoms with E-state index >= 15 is 0 Å². The zero-order valence-corrected chi connectivity index (χ0v) is 11.3. The maximum absolute atomic E-state index is 13.0. The lowest BCUT2D eigenvalue weighted by Crippen LogP contribution is -2.35. The second-order valence-electron chi connectivity index (χ2n) is 3.98. The number of nitrogens with zero attached hydrogens (tertiary/aromatic N) is 2. The Kier molecular flexibility index (Phi) is 6.99. The Bertz CT molecular complexity index is 401. The predicted molar refractivity (Wildman–Crippen MR) is 68.5 cm³/mol. The lowest BCUT2D eigenvalue weighted by Gasteiger charge is -2.21. The molecule has 0 aliphatic carbocycles. The van der Waals surface area contributed by atoms with Crippen LogP contribution in [0.15, 0.2) is 18.2 Å². The zero-order valence-electron chi connectivity index (χ0n) is 11.3. The van der Waals surface area contributed by atoms with Crippen LogP contribution in [0.25, 0.3) is 0 Å². The molecule has 0 aliphatic heterocycles. The molecule has 1 rings (SSSR count). The van der Waals surface area contributed by atoms with Crippen molar-refractivity contribution in [2.24, 2.45) is 0 Å². The average molecular weight is 270 g/mol. The number of rotatable bonds is 8. The van der Waals surface area contributed by atoms with Gasteiger partial charge in [0, 0.05) is 33.9 Å². The Morgan fingerprint density at radius 2 is 2.00 bits per heavy atom. The fourth-order valence-corrected chi connectivity index (χ4v) is 1.61. The Morgan fingerprint density at radius 3 is 2.63 bits per heavy atom. The summed E-state index contributed by atoms with van der Waals surface area (Å²) in [4.78, 5) is 17.4. The number of ether oxygens (including phenoxy) is 2. The van der Waals surface area contributed by atoms with Crippen molar-refractivity contribution in [3.63, 3.8) is 0 Å². The minimum atomic E-state index is -0.658. The van der Waals surface area contributed by atoms with Gasteiger partial charge in [0.05, 0.1) is 6.61 Å². The third-order valence-electron chi connectivity index (χ3n) is 2.56. The van der Waals surface area contributed by atoms with Crippen molar-refractivity contribution < 1.29 is 18.7 Å². The molecule has 106 valence electrons. The molecule has 0 saturated heterocycles. The molecule has 0 bridgehead atoms. The van der Waals surface area contributed by atoms with E-state index in [4.69, 9.17) is 9.47 Å². The van der Waals surface area contributed by atoms with E-state index in [1.807, 2.05) is 0 Å². The second kappa shape index (κ2) is 8.55. The largest absolute Gasteiger partial charge is 0.385 e. The van der Waals surface area contributed by atoms with E-state index in [0.29, 0.717) is 32.7 Å². The van der Waals surface area contributed by atoms with Crippen molar-refractivity contribution in [3.05, 3.63) is 29.8 Å². The lowest BCUT2D eigenvalue weighted by atomic mass is 10.3. The minimum absolute atomic E-state index is 0.105. The summed E-state index contributed by atoms with van der Waals surface area (Å²) >= 11 is 0. The van der Waals surface area contributed by atoms with Crippen molar-refractivity contribution in [1.29, 1.82) is 0 Å². The fraction of sp³-hybridized carbons (Fsp3) is 0.538. The van der Waals surface area contributed by atoms with Crippen LogP contribution in [0, 0.1) is 5.95 Å². The van der Waals surface area contributed by atoms with Gasteiger partial charge >= 0.3 is 0 Å². The maximum atomic E-state index is 13.0. The van der Waals surface area contributed by atoms with Crippen LogP contribution in [-0.4, -0.2) is 56.3 Å². The smallest absolute Gasteiger partial charge is 0.272 e. The molecule has 0 fully saturated rings. The van der Waals surface area contributed by atoms with Gasteiger partial charge in [0.2, 0.25) is 5.95 Å². The summed E-state index contributed by atoms with van der Waals surface area (Å²) in [5, 5.41) is 0. The first-order chi connectivity index (χ1) is 9.19. The summed E-state index contributed by atoms with van der Waals surface area (Å²) in [5.74, 6) is -0.956. The number of carbonyl (C=O) groups excluding carboxylic acids is 1. The molecule has 0 radical (unpaired) electrons. The molecule has 0 unspecified atom stereocenters. The van der Waals surface area contributed by atoms with Gasteiger partial charge < -0.3 is 14.4 Å². The van der Waals surface area contributed by atoms with Gasteiger partial charge in [-0.2, -0.15) is 4.39 Å². The quantitative estimate of drug-likeness (QED) is 0.528. The van der Waals surface area contributed by atoms with E-state index in [1.54, 1.807) is 19.1 Å². The van der Waals surface area contributed by atoms with Gasteiger partial charge in [-0.15, -0.1) is 0 Å². The van der Waals surface area contributed by atoms with E-state index in [0.717, 1.165) is 0 Å². The van der Waals surface area contributed by atoms with Gasteiger partial charge in [0.15, 0.2) is 0 Å². The van der Waals surface area contributed by atoms with Crippen LogP contribution < -0.4 is 0 Å². The van der Waals surface area contributed by atoms with Crippen LogP contribution in [0.1, 0.15) is 16.9 Å². The number of amides is 1. The molecule has 0 atom stereocenters. The Hall–Kier alpha value is -1.53. The van der Waals surface area contributed by atoms with Gasteiger partial charge in [-0.25, -0.2) is 4.98 Å². The van der Waals surface area contributed by atoms with Crippen molar-refractivity contribution in [1.82, 2.24) is 9.88 Å². The van der Waals surface area contributed by atoms with E-state index in [-0.39, 0.29) is 11.6 Å². The van der Waals surface area contributed by atoms with Gasteiger partial charge in [-0.05, 0) is 18.6 Å². The summed E-state index contributed by atoms with van der Waals surface area (Å²) < 4.78 is 22.9. The Labute approximate surface area is 112 Å². The van der Waals surface area contributed by atoms with Crippen LogP contribution in [0.4, 0.5) is 4.39 Å². The number of aromatic nitrogens is 1. The summed E-state index contributed by atoms with van der Waals surface area (Å²) in [6.07, 6.45) is 0.710. The van der Waals surface area contributed by atoms with E-state index in [1.165, 1.54) is 18.2 Å². The molecule has 0 aromatic carbocycles. The van der Waals surface area contributed by atoms with Crippen LogP contribution in [0.5, 0.6) is 0 Å². The molecule has 1 heterocycles. The zero-order chi connectivity index (χ0) is 14.1. The number of halogens is 1. The van der Waals surface area contributed by atoms with Crippen molar-refractivity contribution in [2.45, 2.75) is 6.42 Å². The van der Waals surface area contributed by atoms with Gasteiger partial charge in [0.25, 0.3) is 5.91 Å². The van der Waals surface area contributed by atoms with Crippen LogP contribution in [0.3, 0.4) is 0 Å². The first-order valence-electron chi connectivity index (χ1n) is 6.08. The monoisotopic (exact) mass is 270 g/mol. The summed E-state index contributed by atoms with van der Waals surface area (Å²) in [5.41, 5.74) is 0.105. The van der Waals surface area contributed by atoms with Crippen molar-refractivity contribution in [2.75, 3.05) is 40.5 Å². The molecule has 0 aliphatic rings. The van der Waals surface area contributed by atoms with Gasteiger partial charge in [-0.3, -0.25) is 4.79 Å². The normalized spacial score (nSPS) is 10.5. The van der Waals surface area contributed by atoms with Gasteiger partial charge in [-0.1, -0.05) is 6.07 Å². The summed E-state index contributed by atoms with van der Waals surface area (Å²) in [6, 6.07) is 4.18. The molecule has 0 saturated carbocycles. The molecule has 1 amide bonds. The molecule has 0 N–H and O–H groups in total. The average Bonchev–Trinajstić information content (AvgIpc) is 2.42. The third-order valence-corrected chi connectivity index (χ3v) is 2.56. The van der Waals surface area contributed by atoms with Crippen molar-refractivity contribution >= 4 is 5.91 Å². The molecule has 1 aromatic heterocycles. The molecular formula is C13H19FN2O3. The van der Waals surface area contributed by atoms with E-state index in [9.17, 15) is 9.18 Å². The number of pyridine rings is 1. The summed E-state index contributed by atoms with van der Waals surface area (Å²) in [7, 11) is 3.17. The topological polar surface area (TPSA) is 51.7 Å². The van der Waals surface area contributed by atoms with Crippen LogP contribution >= 0.6 is 0 Å². The molecule has 19 heavy (non-hydrogen) atoms. The lowest BCUT2D eigenvalue weighted by molar-refractivity contribution is 0.0667. The Balaban J connectivity index is 2.69. The first-order valence-corrected chi connectivity index (χ1v) is 6.08. The number of hydrogen-bond acceptors (Lipinski definition) is 4. The second-order valence-corrected chi connectivity index (χ2v) is 3.98. The van der Waals surface area contributed by atoms with Crippen LogP contribution in [-0.2, 0) is 9.47 Å². The number of carbonyl (C=O) groups is 1. The Morgan fingerprint density at radius 1 is 1.26 bits per heavy atom. The molecule has 6 heteroatoms. The molecule has 0 spiro atoms. The fourth-order valence-electron chi connectivity index (χ4n) is 1.61. The summed E-state index contributed by atoms with van der Waals surface area (Å²) in [6.45, 7) is 1.95. The molecular weight excluding hydrogens is 251 g/mol. The first kappa shape index (κ1) is 15.5. The van der Waals surface area contributed by atoms with E-state index < -0.39 is 5.95 Å². The highest BCUT2D eigenvalue weighted by atomic mass is 19.1. The van der Waals surface area contributed by atoms with Gasteiger partial charge in [0.1, 0.15) is 5.69 Å². The van der Waals surface area contributed by atoms with Crippen LogP contribution in [0.2, 0.25) is 0 Å². The predicted octanol–water partition coefficient (Wildman–Crippen LogP) is 1.35. The highest BCUT2D eigenvalue weighted by molar-refractivity contribution is 5.92. The molecule has 5 nitrogen and oxygen atoms in total. The molecule has 1 aromatic rings. The standard InChI is InChI=1S/C13H19FN2O3/c1-18-9-4-7-16(8-10-19-2)13(17)11-5-3-6-12(14)15-11/h3,5-6H,4,7-10H2,1-2H3. The highest BCUT2D eigenvalue weighted by Crippen LogP contribution is 2.04. The SMILES string of the molecule is COCCCN(CCOC)C(=O)c1cccc(F)n1.